The van der Waals surface area contributed by atoms with E-state index in [0.29, 0.717) is 0 Å². The minimum absolute atomic E-state index is 0.0191. The molecule has 1 N–H and O–H groups in total. The van der Waals surface area contributed by atoms with Crippen LogP contribution in [-0.4, -0.2) is 32.2 Å². The number of pyridine rings is 1. The molecule has 2 heterocycles. The third-order valence-corrected chi connectivity index (χ3v) is 3.48. The molecule has 0 aliphatic heterocycles. The number of carbonyl (C=O) groups is 1. The summed E-state index contributed by atoms with van der Waals surface area (Å²) in [6.45, 7) is 0. The van der Waals surface area contributed by atoms with Gasteiger partial charge in [0.05, 0.1) is 23.4 Å². The number of benzene rings is 1. The highest BCUT2D eigenvalue weighted by Gasteiger charge is 2.32. The Hall–Kier alpha value is -3.87. The van der Waals surface area contributed by atoms with Crippen molar-refractivity contribution in [3.05, 3.63) is 60.0 Å². The van der Waals surface area contributed by atoms with E-state index in [1.165, 1.54) is 36.7 Å². The van der Waals surface area contributed by atoms with Gasteiger partial charge in [-0.15, -0.1) is 13.2 Å². The van der Waals surface area contributed by atoms with E-state index in [4.69, 9.17) is 5.11 Å². The molecule has 0 saturated carbocycles. The molecule has 136 valence electrons. The molecule has 0 aliphatic rings. The van der Waals surface area contributed by atoms with Crippen molar-refractivity contribution in [1.29, 1.82) is 5.26 Å². The van der Waals surface area contributed by atoms with Gasteiger partial charge in [0.25, 0.3) is 0 Å². The molecule has 0 radical (unpaired) electrons. The van der Waals surface area contributed by atoms with E-state index in [1.54, 1.807) is 0 Å². The first-order valence-corrected chi connectivity index (χ1v) is 7.32. The topological polar surface area (TPSA) is 101 Å². The van der Waals surface area contributed by atoms with Gasteiger partial charge in [0.15, 0.2) is 5.82 Å². The predicted molar refractivity (Wildman–Crippen MR) is 85.2 cm³/mol. The Balaban J connectivity index is 2.06. The summed E-state index contributed by atoms with van der Waals surface area (Å²) in [6, 6.07) is 8.55. The molecule has 10 heteroatoms. The molecule has 0 unspecified atom stereocenters. The molecule has 7 nitrogen and oxygen atoms in total. The van der Waals surface area contributed by atoms with Gasteiger partial charge >= 0.3 is 12.3 Å². The highest BCUT2D eigenvalue weighted by Crippen LogP contribution is 2.35. The number of ether oxygens (including phenoxy) is 1. The van der Waals surface area contributed by atoms with Gasteiger partial charge in [-0.25, -0.2) is 14.5 Å². The maximum absolute atomic E-state index is 12.6. The summed E-state index contributed by atoms with van der Waals surface area (Å²) < 4.78 is 43.0. The van der Waals surface area contributed by atoms with Gasteiger partial charge in [0, 0.05) is 29.6 Å². The number of aromatic nitrogens is 3. The first-order chi connectivity index (χ1) is 12.8. The summed E-state index contributed by atoms with van der Waals surface area (Å²) in [6.07, 6.45) is -1.38. The number of carboxylic acids is 1. The van der Waals surface area contributed by atoms with Gasteiger partial charge in [0.1, 0.15) is 5.75 Å². The summed E-state index contributed by atoms with van der Waals surface area (Å²) in [5, 5.41) is 22.2. The molecule has 0 atom stereocenters. The molecule has 0 aliphatic carbocycles. The van der Waals surface area contributed by atoms with Crippen molar-refractivity contribution in [2.24, 2.45) is 0 Å². The van der Waals surface area contributed by atoms with Crippen LogP contribution in [0.3, 0.4) is 0 Å². The molecule has 0 bridgehead atoms. The molecule has 27 heavy (non-hydrogen) atoms. The average molecular weight is 374 g/mol. The summed E-state index contributed by atoms with van der Waals surface area (Å²) >= 11 is 0. The van der Waals surface area contributed by atoms with Gasteiger partial charge in [-0.3, -0.25) is 0 Å². The van der Waals surface area contributed by atoms with Crippen molar-refractivity contribution in [1.82, 2.24) is 14.8 Å². The third kappa shape index (κ3) is 3.87. The quantitative estimate of drug-likeness (QED) is 0.751. The maximum atomic E-state index is 12.6. The van der Waals surface area contributed by atoms with Crippen LogP contribution in [0.4, 0.5) is 13.2 Å². The van der Waals surface area contributed by atoms with Gasteiger partial charge in [0.2, 0.25) is 0 Å². The second-order valence-electron chi connectivity index (χ2n) is 5.22. The minimum atomic E-state index is -4.89. The largest absolute Gasteiger partial charge is 0.573 e. The second-order valence-corrected chi connectivity index (χ2v) is 5.22. The van der Waals surface area contributed by atoms with Crippen LogP contribution in [0.2, 0.25) is 0 Å². The van der Waals surface area contributed by atoms with Gasteiger partial charge < -0.3 is 9.84 Å². The van der Waals surface area contributed by atoms with Crippen molar-refractivity contribution >= 4 is 5.97 Å². The Morgan fingerprint density at radius 1 is 1.22 bits per heavy atom. The monoisotopic (exact) mass is 374 g/mol. The fourth-order valence-electron chi connectivity index (χ4n) is 2.34. The summed E-state index contributed by atoms with van der Waals surface area (Å²) in [5.74, 6) is -1.52. The number of hydrogen-bond acceptors (Lipinski definition) is 5. The van der Waals surface area contributed by atoms with Crippen molar-refractivity contribution < 1.29 is 27.8 Å². The third-order valence-electron chi connectivity index (χ3n) is 3.48. The van der Waals surface area contributed by atoms with E-state index in [2.05, 4.69) is 14.8 Å². The van der Waals surface area contributed by atoms with Gasteiger partial charge in [-0.1, -0.05) is 18.2 Å². The van der Waals surface area contributed by atoms with Crippen molar-refractivity contribution in [2.45, 2.75) is 6.36 Å². The smallest absolute Gasteiger partial charge is 0.478 e. The lowest BCUT2D eigenvalue weighted by Gasteiger charge is -2.14. The van der Waals surface area contributed by atoms with Gasteiger partial charge in [-0.05, 0) is 6.07 Å². The first-order valence-electron chi connectivity index (χ1n) is 7.32. The lowest BCUT2D eigenvalue weighted by molar-refractivity contribution is -0.274. The van der Waals surface area contributed by atoms with Crippen molar-refractivity contribution in [3.8, 4) is 28.8 Å². The molecule has 0 amide bonds. The van der Waals surface area contributed by atoms with E-state index >= 15 is 0 Å². The molecule has 3 rings (SSSR count). The van der Waals surface area contributed by atoms with Crippen LogP contribution in [0.1, 0.15) is 15.9 Å². The number of nitrogens with zero attached hydrogens (tertiary/aromatic N) is 4. The zero-order valence-corrected chi connectivity index (χ0v) is 13.3. The highest BCUT2D eigenvalue weighted by molar-refractivity contribution is 5.87. The van der Waals surface area contributed by atoms with E-state index in [0.717, 1.165) is 16.9 Å². The Kier molecular flexibility index (Phi) is 4.51. The van der Waals surface area contributed by atoms with Crippen LogP contribution in [0.25, 0.3) is 16.9 Å². The number of halogens is 3. The fourth-order valence-corrected chi connectivity index (χ4v) is 2.34. The number of hydrogen-bond donors (Lipinski definition) is 1. The van der Waals surface area contributed by atoms with Crippen LogP contribution < -0.4 is 4.74 Å². The summed E-state index contributed by atoms with van der Waals surface area (Å²) in [7, 11) is 0. The number of nitriles is 1. The normalized spacial score (nSPS) is 11.0. The van der Waals surface area contributed by atoms with Crippen LogP contribution in [0, 0.1) is 11.3 Å². The number of para-hydroxylation sites is 1. The molecular weight excluding hydrogens is 365 g/mol. The molecule has 0 fully saturated rings. The molecular formula is C17H9F3N4O3. The maximum Gasteiger partial charge on any atom is 0.573 e. The standard InChI is InChI=1S/C17H9F3N4O3/c18-17(19,20)27-14-4-2-1-3-12(14)13-8-22-15(5-10(13)6-21)24-9-11(7-23-24)16(25)26/h1-5,7-9H,(H,25,26). The molecule has 3 aromatic rings. The number of alkyl halides is 3. The fraction of sp³-hybridized carbons (Fsp3) is 0.0588. The van der Waals surface area contributed by atoms with Crippen LogP contribution in [-0.2, 0) is 0 Å². The molecule has 1 aromatic carbocycles. The molecule has 0 saturated heterocycles. The van der Waals surface area contributed by atoms with Crippen molar-refractivity contribution in [2.75, 3.05) is 0 Å². The summed E-state index contributed by atoms with van der Waals surface area (Å²) in [4.78, 5) is 15.0. The first kappa shape index (κ1) is 17.9. The van der Waals surface area contributed by atoms with Crippen LogP contribution in [0.5, 0.6) is 5.75 Å². The summed E-state index contributed by atoms with van der Waals surface area (Å²) in [5.41, 5.74) is 0.109. The second kappa shape index (κ2) is 6.80. The van der Waals surface area contributed by atoms with Crippen LogP contribution in [0.15, 0.2) is 48.9 Å². The highest BCUT2D eigenvalue weighted by atomic mass is 19.4. The Morgan fingerprint density at radius 3 is 2.59 bits per heavy atom. The Morgan fingerprint density at radius 2 is 1.96 bits per heavy atom. The average Bonchev–Trinajstić information content (AvgIpc) is 3.11. The number of aromatic carboxylic acids is 1. The lowest BCUT2D eigenvalue weighted by Crippen LogP contribution is -2.17. The van der Waals surface area contributed by atoms with E-state index in [9.17, 15) is 23.2 Å². The molecule has 2 aromatic heterocycles. The zero-order valence-electron chi connectivity index (χ0n) is 13.3. The zero-order chi connectivity index (χ0) is 19.6. The number of carboxylic acid groups (broad SMARTS) is 1. The molecule has 0 spiro atoms. The van der Waals surface area contributed by atoms with E-state index < -0.39 is 18.1 Å². The number of rotatable bonds is 4. The lowest BCUT2D eigenvalue weighted by atomic mass is 10.0. The van der Waals surface area contributed by atoms with Crippen molar-refractivity contribution in [3.63, 3.8) is 0 Å². The van der Waals surface area contributed by atoms with Crippen LogP contribution >= 0.6 is 0 Å². The SMILES string of the molecule is N#Cc1cc(-n2cc(C(=O)O)cn2)ncc1-c1ccccc1OC(F)(F)F. The predicted octanol–water partition coefficient (Wildman–Crippen LogP) is 3.40. The van der Waals surface area contributed by atoms with E-state index in [-0.39, 0.29) is 28.1 Å². The minimum Gasteiger partial charge on any atom is -0.478 e. The Bertz CT molecular complexity index is 1050. The van der Waals surface area contributed by atoms with Gasteiger partial charge in [-0.2, -0.15) is 10.4 Å². The van der Waals surface area contributed by atoms with E-state index in [1.807, 2.05) is 6.07 Å². The Labute approximate surface area is 149 Å².